The summed E-state index contributed by atoms with van der Waals surface area (Å²) in [7, 11) is 5.57. The molecule has 0 atom stereocenters. The fraction of sp³-hybridized carbons (Fsp3) is 0.357. The third-order valence-corrected chi connectivity index (χ3v) is 7.42. The number of piperidine rings is 1. The van der Waals surface area contributed by atoms with Gasteiger partial charge in [0.15, 0.2) is 0 Å². The molecule has 192 valence electrons. The van der Waals surface area contributed by atoms with Gasteiger partial charge in [0.05, 0.1) is 5.69 Å². The quantitative estimate of drug-likeness (QED) is 0.453. The molecule has 1 saturated heterocycles. The van der Waals surface area contributed by atoms with Gasteiger partial charge < -0.3 is 15.2 Å². The molecular formula is C28H33N7O2. The Balaban J connectivity index is 1.31. The van der Waals surface area contributed by atoms with Crippen LogP contribution in [0.4, 0.5) is 5.82 Å². The Morgan fingerprint density at radius 2 is 1.84 bits per heavy atom. The van der Waals surface area contributed by atoms with E-state index in [1.165, 1.54) is 5.56 Å². The minimum absolute atomic E-state index is 0.0293. The van der Waals surface area contributed by atoms with E-state index in [-0.39, 0.29) is 11.7 Å². The molecule has 5 rings (SSSR count). The molecule has 0 bridgehead atoms. The molecule has 0 saturated carbocycles. The first-order chi connectivity index (χ1) is 17.7. The molecule has 0 aliphatic carbocycles. The van der Waals surface area contributed by atoms with Crippen molar-refractivity contribution >= 4 is 22.8 Å². The highest BCUT2D eigenvalue weighted by Crippen LogP contribution is 2.30. The first kappa shape index (κ1) is 24.7. The van der Waals surface area contributed by atoms with Crippen molar-refractivity contribution in [2.45, 2.75) is 32.2 Å². The van der Waals surface area contributed by atoms with E-state index in [9.17, 15) is 9.59 Å². The van der Waals surface area contributed by atoms with Crippen molar-refractivity contribution < 1.29 is 4.79 Å². The fourth-order valence-electron chi connectivity index (χ4n) is 5.16. The zero-order valence-corrected chi connectivity index (χ0v) is 21.8. The standard InChI is InChI=1S/C28H33N7O2/c1-18-16-35(28(37)31-25(18)29)24-9-12-30-26-23(24)15-22(33(26)4)17-34-13-10-20(11-14-34)19-5-7-21(8-6-19)27(36)32(2)3/h5-9,12,15-16,20H,10-11,13-14,17H2,1-4H3,(H2,29,31,37). The monoisotopic (exact) mass is 499 g/mol. The van der Waals surface area contributed by atoms with Crippen molar-refractivity contribution in [3.8, 4) is 5.69 Å². The summed E-state index contributed by atoms with van der Waals surface area (Å²) < 4.78 is 3.65. The summed E-state index contributed by atoms with van der Waals surface area (Å²) in [5.74, 6) is 0.775. The minimum Gasteiger partial charge on any atom is -0.383 e. The molecule has 3 aromatic heterocycles. The minimum atomic E-state index is -0.401. The molecule has 1 amide bonds. The summed E-state index contributed by atoms with van der Waals surface area (Å²) in [5.41, 5.74) is 10.9. The van der Waals surface area contributed by atoms with Crippen LogP contribution in [0.15, 0.2) is 53.6 Å². The highest BCUT2D eigenvalue weighted by molar-refractivity contribution is 5.93. The Morgan fingerprint density at radius 3 is 2.51 bits per heavy atom. The largest absolute Gasteiger partial charge is 0.383 e. The molecule has 1 aliphatic rings. The molecule has 4 heterocycles. The lowest BCUT2D eigenvalue weighted by molar-refractivity contribution is 0.0827. The molecule has 0 unspecified atom stereocenters. The molecule has 1 aromatic carbocycles. The van der Waals surface area contributed by atoms with Crippen LogP contribution >= 0.6 is 0 Å². The Hall–Kier alpha value is -3.98. The zero-order chi connectivity index (χ0) is 26.3. The fourth-order valence-corrected chi connectivity index (χ4v) is 5.16. The number of carbonyl (C=O) groups is 1. The van der Waals surface area contributed by atoms with Crippen LogP contribution in [-0.4, -0.2) is 62.0 Å². The van der Waals surface area contributed by atoms with Crippen LogP contribution in [0.3, 0.4) is 0 Å². The average molecular weight is 500 g/mol. The van der Waals surface area contributed by atoms with Gasteiger partial charge in [0.2, 0.25) is 0 Å². The number of rotatable bonds is 5. The van der Waals surface area contributed by atoms with Gasteiger partial charge >= 0.3 is 5.69 Å². The number of nitrogens with zero attached hydrogens (tertiary/aromatic N) is 6. The molecular weight excluding hydrogens is 466 g/mol. The third-order valence-electron chi connectivity index (χ3n) is 7.42. The maximum atomic E-state index is 12.6. The van der Waals surface area contributed by atoms with Crippen LogP contribution in [0.1, 0.15) is 45.9 Å². The average Bonchev–Trinajstić information content (AvgIpc) is 3.21. The Bertz CT molecular complexity index is 1510. The second-order valence-electron chi connectivity index (χ2n) is 10.1. The van der Waals surface area contributed by atoms with Gasteiger partial charge in [-0.25, -0.2) is 9.78 Å². The molecule has 2 N–H and O–H groups in total. The summed E-state index contributed by atoms with van der Waals surface area (Å²) >= 11 is 0. The normalized spacial score (nSPS) is 14.8. The van der Waals surface area contributed by atoms with E-state index in [0.29, 0.717) is 5.92 Å². The number of nitrogen functional groups attached to an aromatic ring is 1. The van der Waals surface area contributed by atoms with E-state index >= 15 is 0 Å². The number of fused-ring (bicyclic) bond motifs is 1. The van der Waals surface area contributed by atoms with Crippen molar-refractivity contribution in [3.63, 3.8) is 0 Å². The Kier molecular flexibility index (Phi) is 6.55. The molecule has 0 radical (unpaired) electrons. The molecule has 0 spiro atoms. The van der Waals surface area contributed by atoms with Crippen LogP contribution in [0.5, 0.6) is 0 Å². The number of aryl methyl sites for hydroxylation is 2. The van der Waals surface area contributed by atoms with E-state index in [2.05, 4.69) is 37.6 Å². The van der Waals surface area contributed by atoms with Crippen molar-refractivity contribution in [1.82, 2.24) is 28.9 Å². The molecule has 9 nitrogen and oxygen atoms in total. The second kappa shape index (κ2) is 9.82. The lowest BCUT2D eigenvalue weighted by atomic mass is 9.89. The first-order valence-corrected chi connectivity index (χ1v) is 12.6. The summed E-state index contributed by atoms with van der Waals surface area (Å²) in [6.45, 7) is 4.63. The number of hydrogen-bond donors (Lipinski definition) is 1. The second-order valence-corrected chi connectivity index (χ2v) is 10.1. The SMILES string of the molecule is Cc1cn(-c2ccnc3c2cc(CN2CCC(c4ccc(C(=O)N(C)C)cc4)CC2)n3C)c(=O)nc1N. The van der Waals surface area contributed by atoms with Crippen molar-refractivity contribution in [2.24, 2.45) is 7.05 Å². The Morgan fingerprint density at radius 1 is 1.14 bits per heavy atom. The van der Waals surface area contributed by atoms with E-state index < -0.39 is 5.69 Å². The summed E-state index contributed by atoms with van der Waals surface area (Å²) in [6.07, 6.45) is 5.60. The summed E-state index contributed by atoms with van der Waals surface area (Å²) in [4.78, 5) is 37.4. The summed E-state index contributed by atoms with van der Waals surface area (Å²) in [5, 5.41) is 0.912. The molecule has 9 heteroatoms. The van der Waals surface area contributed by atoms with Crippen LogP contribution in [0.2, 0.25) is 0 Å². The first-order valence-electron chi connectivity index (χ1n) is 12.6. The number of nitrogens with two attached hydrogens (primary N) is 1. The van der Waals surface area contributed by atoms with Crippen LogP contribution in [-0.2, 0) is 13.6 Å². The van der Waals surface area contributed by atoms with Crippen LogP contribution in [0, 0.1) is 6.92 Å². The Labute approximate surface area is 216 Å². The molecule has 1 aliphatic heterocycles. The molecule has 1 fully saturated rings. The number of anilines is 1. The maximum Gasteiger partial charge on any atom is 0.354 e. The number of likely N-dealkylation sites (tertiary alicyclic amines) is 1. The number of aromatic nitrogens is 4. The van der Waals surface area contributed by atoms with Gasteiger partial charge in [-0.3, -0.25) is 14.3 Å². The lowest BCUT2D eigenvalue weighted by Crippen LogP contribution is -2.33. The van der Waals surface area contributed by atoms with Gasteiger partial charge in [0, 0.05) is 62.3 Å². The van der Waals surface area contributed by atoms with Crippen LogP contribution < -0.4 is 11.4 Å². The van der Waals surface area contributed by atoms with Crippen molar-refractivity contribution in [2.75, 3.05) is 32.9 Å². The highest BCUT2D eigenvalue weighted by Gasteiger charge is 2.23. The predicted molar refractivity (Wildman–Crippen MR) is 145 cm³/mol. The van der Waals surface area contributed by atoms with Gasteiger partial charge in [0.1, 0.15) is 11.5 Å². The lowest BCUT2D eigenvalue weighted by Gasteiger charge is -2.32. The van der Waals surface area contributed by atoms with E-state index in [1.54, 1.807) is 36.0 Å². The van der Waals surface area contributed by atoms with Gasteiger partial charge in [-0.05, 0) is 68.6 Å². The van der Waals surface area contributed by atoms with Crippen LogP contribution in [0.25, 0.3) is 16.7 Å². The number of pyridine rings is 1. The zero-order valence-electron chi connectivity index (χ0n) is 21.8. The number of hydrogen-bond acceptors (Lipinski definition) is 6. The predicted octanol–water partition coefficient (Wildman–Crippen LogP) is 3.09. The van der Waals surface area contributed by atoms with Gasteiger partial charge in [0.25, 0.3) is 5.91 Å². The topological polar surface area (TPSA) is 102 Å². The van der Waals surface area contributed by atoms with E-state index in [4.69, 9.17) is 5.73 Å². The van der Waals surface area contributed by atoms with E-state index in [1.807, 2.05) is 32.2 Å². The van der Waals surface area contributed by atoms with Gasteiger partial charge in [-0.2, -0.15) is 4.98 Å². The van der Waals surface area contributed by atoms with Gasteiger partial charge in [-0.15, -0.1) is 0 Å². The number of benzene rings is 1. The number of carbonyl (C=O) groups excluding carboxylic acids is 1. The maximum absolute atomic E-state index is 12.6. The molecule has 37 heavy (non-hydrogen) atoms. The van der Waals surface area contributed by atoms with Crippen molar-refractivity contribution in [1.29, 1.82) is 0 Å². The van der Waals surface area contributed by atoms with E-state index in [0.717, 1.165) is 66.0 Å². The summed E-state index contributed by atoms with van der Waals surface area (Å²) in [6, 6.07) is 12.0. The highest BCUT2D eigenvalue weighted by atomic mass is 16.2. The molecule has 4 aromatic rings. The van der Waals surface area contributed by atoms with Gasteiger partial charge in [-0.1, -0.05) is 12.1 Å². The third kappa shape index (κ3) is 4.74. The van der Waals surface area contributed by atoms with Crippen molar-refractivity contribution in [3.05, 3.63) is 81.7 Å². The smallest absolute Gasteiger partial charge is 0.354 e. The number of amides is 1.